The lowest BCUT2D eigenvalue weighted by atomic mass is 10.2. The average Bonchev–Trinajstić information content (AvgIpc) is 2.76. The van der Waals surface area contributed by atoms with E-state index in [1.807, 2.05) is 0 Å². The number of nitrogens with zero attached hydrogens (tertiary/aromatic N) is 1. The number of H-pyrrole nitrogens is 1. The van der Waals surface area contributed by atoms with E-state index < -0.39 is 0 Å². The quantitative estimate of drug-likeness (QED) is 0.881. The van der Waals surface area contributed by atoms with E-state index in [4.69, 9.17) is 0 Å². The fourth-order valence-corrected chi connectivity index (χ4v) is 1.56. The molecule has 4 heteroatoms. The summed E-state index contributed by atoms with van der Waals surface area (Å²) in [7, 11) is 0. The van der Waals surface area contributed by atoms with E-state index in [0.717, 1.165) is 17.1 Å². The third-order valence-electron chi connectivity index (χ3n) is 2.50. The van der Waals surface area contributed by atoms with Gasteiger partial charge in [-0.15, -0.1) is 0 Å². The molecule has 88 valence electrons. The molecule has 0 aliphatic rings. The number of halogens is 1. The van der Waals surface area contributed by atoms with Crippen LogP contribution in [0.25, 0.3) is 11.3 Å². The third-order valence-corrected chi connectivity index (χ3v) is 2.50. The molecule has 0 atom stereocenters. The maximum Gasteiger partial charge on any atom is 0.130 e. The third kappa shape index (κ3) is 3.00. The molecular weight excluding hydrogens is 219 g/mol. The van der Waals surface area contributed by atoms with Crippen LogP contribution < -0.4 is 0 Å². The van der Waals surface area contributed by atoms with Gasteiger partial charge in [-0.3, -0.25) is 0 Å². The lowest BCUT2D eigenvalue weighted by Crippen LogP contribution is -1.95. The number of imidazole rings is 1. The molecule has 0 saturated carbocycles. The number of hydrogen-bond donors (Lipinski definition) is 1. The van der Waals surface area contributed by atoms with E-state index in [1.54, 1.807) is 25.3 Å². The molecule has 2 aromatic rings. The first kappa shape index (κ1) is 11.5. The number of ketones is 1. The highest BCUT2D eigenvalue weighted by atomic mass is 19.1. The maximum atomic E-state index is 12.8. The van der Waals surface area contributed by atoms with Crippen LogP contribution in [0.3, 0.4) is 0 Å². The standard InChI is InChI=1S/C13H13FN2O/c1-9(17)2-7-13-15-8-12(16-13)10-3-5-11(14)6-4-10/h3-6,8H,2,7H2,1H3,(H,15,16). The lowest BCUT2D eigenvalue weighted by Gasteiger charge is -1.97. The van der Waals surface area contributed by atoms with Crippen LogP contribution >= 0.6 is 0 Å². The van der Waals surface area contributed by atoms with E-state index in [2.05, 4.69) is 9.97 Å². The monoisotopic (exact) mass is 232 g/mol. The summed E-state index contributed by atoms with van der Waals surface area (Å²) in [4.78, 5) is 18.2. The van der Waals surface area contributed by atoms with Crippen molar-refractivity contribution in [2.45, 2.75) is 19.8 Å². The molecule has 0 amide bonds. The van der Waals surface area contributed by atoms with E-state index in [9.17, 15) is 9.18 Å². The molecule has 3 nitrogen and oxygen atoms in total. The number of aromatic nitrogens is 2. The van der Waals surface area contributed by atoms with Gasteiger partial charge in [0.05, 0.1) is 11.9 Å². The summed E-state index contributed by atoms with van der Waals surface area (Å²) < 4.78 is 12.8. The molecule has 1 aromatic heterocycles. The molecule has 0 saturated heterocycles. The summed E-state index contributed by atoms with van der Waals surface area (Å²) in [5.41, 5.74) is 1.72. The Morgan fingerprint density at radius 2 is 2.06 bits per heavy atom. The summed E-state index contributed by atoms with van der Waals surface area (Å²) in [6.07, 6.45) is 2.79. The zero-order chi connectivity index (χ0) is 12.3. The van der Waals surface area contributed by atoms with Crippen molar-refractivity contribution in [2.75, 3.05) is 0 Å². The molecule has 0 radical (unpaired) electrons. The fourth-order valence-electron chi connectivity index (χ4n) is 1.56. The van der Waals surface area contributed by atoms with Crippen molar-refractivity contribution >= 4 is 5.78 Å². The van der Waals surface area contributed by atoms with Gasteiger partial charge < -0.3 is 9.78 Å². The van der Waals surface area contributed by atoms with Gasteiger partial charge in [-0.1, -0.05) is 0 Å². The van der Waals surface area contributed by atoms with E-state index in [0.29, 0.717) is 12.8 Å². The maximum absolute atomic E-state index is 12.8. The summed E-state index contributed by atoms with van der Waals surface area (Å²) in [6.45, 7) is 1.56. The van der Waals surface area contributed by atoms with Crippen LogP contribution in [-0.2, 0) is 11.2 Å². The predicted octanol–water partition coefficient (Wildman–Crippen LogP) is 2.74. The number of benzene rings is 1. The normalized spacial score (nSPS) is 10.5. The molecule has 0 unspecified atom stereocenters. The number of hydrogen-bond acceptors (Lipinski definition) is 2. The van der Waals surface area contributed by atoms with Gasteiger partial charge in [-0.25, -0.2) is 9.37 Å². The van der Waals surface area contributed by atoms with Crippen LogP contribution in [0.4, 0.5) is 4.39 Å². The highest BCUT2D eigenvalue weighted by Gasteiger charge is 2.04. The minimum Gasteiger partial charge on any atom is -0.342 e. The van der Waals surface area contributed by atoms with Gasteiger partial charge in [-0.2, -0.15) is 0 Å². The minimum absolute atomic E-state index is 0.143. The second-order valence-corrected chi connectivity index (χ2v) is 3.95. The molecule has 0 aliphatic carbocycles. The number of carbonyl (C=O) groups excluding carboxylic acids is 1. The average molecular weight is 232 g/mol. The van der Waals surface area contributed by atoms with Crippen molar-refractivity contribution in [1.29, 1.82) is 0 Å². The Labute approximate surface area is 98.7 Å². The van der Waals surface area contributed by atoms with E-state index >= 15 is 0 Å². The first-order valence-electron chi connectivity index (χ1n) is 5.44. The summed E-state index contributed by atoms with van der Waals surface area (Å²) in [5, 5.41) is 0. The highest BCUT2D eigenvalue weighted by molar-refractivity contribution is 5.75. The van der Waals surface area contributed by atoms with Crippen molar-refractivity contribution in [3.8, 4) is 11.3 Å². The molecule has 17 heavy (non-hydrogen) atoms. The van der Waals surface area contributed by atoms with Gasteiger partial charge in [0, 0.05) is 12.8 Å². The van der Waals surface area contributed by atoms with Gasteiger partial charge in [0.15, 0.2) is 0 Å². The number of aromatic amines is 1. The minimum atomic E-state index is -0.259. The van der Waals surface area contributed by atoms with Crippen LogP contribution in [0.1, 0.15) is 19.2 Å². The largest absolute Gasteiger partial charge is 0.342 e. The summed E-state index contributed by atoms with van der Waals surface area (Å²) in [5.74, 6) is 0.661. The fraction of sp³-hybridized carbons (Fsp3) is 0.231. The summed E-state index contributed by atoms with van der Waals surface area (Å²) >= 11 is 0. The van der Waals surface area contributed by atoms with E-state index in [1.165, 1.54) is 12.1 Å². The lowest BCUT2D eigenvalue weighted by molar-refractivity contribution is -0.117. The highest BCUT2D eigenvalue weighted by Crippen LogP contribution is 2.17. The zero-order valence-electron chi connectivity index (χ0n) is 9.53. The van der Waals surface area contributed by atoms with Crippen LogP contribution in [0.5, 0.6) is 0 Å². The number of Topliss-reactive ketones (excluding diaryl/α,β-unsaturated/α-hetero) is 1. The Kier molecular flexibility index (Phi) is 3.32. The van der Waals surface area contributed by atoms with Gasteiger partial charge in [0.25, 0.3) is 0 Å². The van der Waals surface area contributed by atoms with Crippen molar-refractivity contribution in [1.82, 2.24) is 9.97 Å². The van der Waals surface area contributed by atoms with E-state index in [-0.39, 0.29) is 11.6 Å². The topological polar surface area (TPSA) is 45.8 Å². The molecule has 1 heterocycles. The SMILES string of the molecule is CC(=O)CCc1ncc(-c2ccc(F)cc2)[nH]1. The van der Waals surface area contributed by atoms with Crippen molar-refractivity contribution < 1.29 is 9.18 Å². The van der Waals surface area contributed by atoms with Crippen molar-refractivity contribution in [2.24, 2.45) is 0 Å². The molecule has 0 aliphatic heterocycles. The number of rotatable bonds is 4. The first-order chi connectivity index (χ1) is 8.15. The number of carbonyl (C=O) groups is 1. The van der Waals surface area contributed by atoms with Crippen LogP contribution in [0.15, 0.2) is 30.5 Å². The van der Waals surface area contributed by atoms with Gasteiger partial charge in [0.1, 0.15) is 17.4 Å². The van der Waals surface area contributed by atoms with Crippen LogP contribution in [-0.4, -0.2) is 15.8 Å². The molecule has 0 spiro atoms. The second kappa shape index (κ2) is 4.91. The number of nitrogens with one attached hydrogen (secondary N) is 1. The van der Waals surface area contributed by atoms with Crippen molar-refractivity contribution in [3.05, 3.63) is 42.1 Å². The van der Waals surface area contributed by atoms with Gasteiger partial charge in [0.2, 0.25) is 0 Å². The molecule has 1 N–H and O–H groups in total. The van der Waals surface area contributed by atoms with Crippen LogP contribution in [0.2, 0.25) is 0 Å². The summed E-state index contributed by atoms with van der Waals surface area (Å²) in [6, 6.07) is 6.20. The smallest absolute Gasteiger partial charge is 0.130 e. The van der Waals surface area contributed by atoms with Gasteiger partial charge in [-0.05, 0) is 36.8 Å². The molecule has 2 rings (SSSR count). The molecule has 0 bridgehead atoms. The van der Waals surface area contributed by atoms with Gasteiger partial charge >= 0.3 is 0 Å². The molecular formula is C13H13FN2O. The van der Waals surface area contributed by atoms with Crippen LogP contribution in [0, 0.1) is 5.82 Å². The Balaban J connectivity index is 2.12. The Morgan fingerprint density at radius 3 is 2.71 bits per heavy atom. The Hall–Kier alpha value is -1.97. The zero-order valence-corrected chi connectivity index (χ0v) is 9.53. The molecule has 0 fully saturated rings. The Bertz CT molecular complexity index is 516. The molecule has 1 aromatic carbocycles. The van der Waals surface area contributed by atoms with Crippen molar-refractivity contribution in [3.63, 3.8) is 0 Å². The first-order valence-corrected chi connectivity index (χ1v) is 5.44. The Morgan fingerprint density at radius 1 is 1.35 bits per heavy atom. The second-order valence-electron chi connectivity index (χ2n) is 3.95. The number of aryl methyl sites for hydroxylation is 1. The predicted molar refractivity (Wildman–Crippen MR) is 63.0 cm³/mol.